The van der Waals surface area contributed by atoms with E-state index in [9.17, 15) is 9.59 Å². The average molecular weight is 482 g/mol. The Kier molecular flexibility index (Phi) is 5.60. The molecule has 0 atom stereocenters. The number of pyridine rings is 2. The molecule has 10 heteroatoms. The maximum atomic E-state index is 12.9. The third-order valence-electron chi connectivity index (χ3n) is 4.46. The summed E-state index contributed by atoms with van der Waals surface area (Å²) in [4.78, 5) is 28.9. The molecule has 0 spiro atoms. The van der Waals surface area contributed by atoms with Gasteiger partial charge in [0.05, 0.1) is 38.2 Å². The van der Waals surface area contributed by atoms with Gasteiger partial charge in [-0.05, 0) is 12.1 Å². The summed E-state index contributed by atoms with van der Waals surface area (Å²) in [5.41, 5.74) is 0.00564. The second-order valence-corrected chi connectivity index (χ2v) is 8.31. The lowest BCUT2D eigenvalue weighted by Crippen LogP contribution is -2.21. The Hall–Kier alpha value is -2.74. The standard InChI is InChI=1S/C21H15Cl3N2O5/c1-21(2)30-10-12(31-21)9-29-20-17-16(28)6-11(8-27)26(19(17)15(24)7-25-20)18-13(22)4-3-5-14(18)23/h3-8,10H,9H2,1-2H3. The van der Waals surface area contributed by atoms with E-state index in [0.29, 0.717) is 17.7 Å². The van der Waals surface area contributed by atoms with Crippen LogP contribution in [0.4, 0.5) is 0 Å². The number of aromatic nitrogens is 2. The van der Waals surface area contributed by atoms with Crippen molar-refractivity contribution in [2.75, 3.05) is 6.61 Å². The lowest BCUT2D eigenvalue weighted by Gasteiger charge is -2.19. The van der Waals surface area contributed by atoms with Gasteiger partial charge < -0.3 is 18.8 Å². The zero-order valence-corrected chi connectivity index (χ0v) is 18.6. The molecule has 3 aromatic rings. The van der Waals surface area contributed by atoms with Crippen LogP contribution in [0.3, 0.4) is 0 Å². The van der Waals surface area contributed by atoms with Crippen LogP contribution in [0.5, 0.6) is 5.88 Å². The second kappa shape index (κ2) is 8.07. The predicted molar refractivity (Wildman–Crippen MR) is 118 cm³/mol. The number of carbonyl (C=O) groups excluding carboxylic acids is 1. The SMILES string of the molecule is CC1(C)OC=C(COc2ncc(Cl)c3c2c(=O)cc(C=O)n3-c2c(Cl)cccc2Cl)O1. The number of hydrogen-bond donors (Lipinski definition) is 0. The monoisotopic (exact) mass is 480 g/mol. The van der Waals surface area contributed by atoms with Gasteiger partial charge in [-0.25, -0.2) is 4.98 Å². The summed E-state index contributed by atoms with van der Waals surface area (Å²) in [5.74, 6) is -0.373. The zero-order valence-electron chi connectivity index (χ0n) is 16.3. The smallest absolute Gasteiger partial charge is 0.244 e. The molecule has 3 heterocycles. The highest BCUT2D eigenvalue weighted by Crippen LogP contribution is 2.36. The van der Waals surface area contributed by atoms with Crippen LogP contribution in [0.25, 0.3) is 16.6 Å². The maximum absolute atomic E-state index is 12.9. The van der Waals surface area contributed by atoms with Crippen LogP contribution >= 0.6 is 34.8 Å². The van der Waals surface area contributed by atoms with Gasteiger partial charge in [0.2, 0.25) is 11.7 Å². The number of halogens is 3. The van der Waals surface area contributed by atoms with Gasteiger partial charge in [0.15, 0.2) is 24.1 Å². The fraction of sp³-hybridized carbons (Fsp3) is 0.190. The van der Waals surface area contributed by atoms with E-state index in [1.807, 2.05) is 0 Å². The van der Waals surface area contributed by atoms with Crippen molar-refractivity contribution in [3.8, 4) is 11.6 Å². The molecule has 7 nitrogen and oxygen atoms in total. The van der Waals surface area contributed by atoms with E-state index < -0.39 is 11.2 Å². The molecule has 0 aliphatic carbocycles. The molecular formula is C21H15Cl3N2O5. The Morgan fingerprint density at radius 3 is 2.52 bits per heavy atom. The maximum Gasteiger partial charge on any atom is 0.244 e. The largest absolute Gasteiger partial charge is 0.469 e. The number of benzene rings is 1. The molecule has 0 unspecified atom stereocenters. The molecule has 0 amide bonds. The Bertz CT molecular complexity index is 1280. The summed E-state index contributed by atoms with van der Waals surface area (Å²) >= 11 is 19.2. The first-order valence-electron chi connectivity index (χ1n) is 9.04. The normalized spacial score (nSPS) is 14.7. The van der Waals surface area contributed by atoms with Crippen LogP contribution < -0.4 is 10.2 Å². The molecule has 0 fully saturated rings. The molecule has 0 radical (unpaired) electrons. The van der Waals surface area contributed by atoms with Gasteiger partial charge in [-0.2, -0.15) is 0 Å². The molecule has 31 heavy (non-hydrogen) atoms. The van der Waals surface area contributed by atoms with Gasteiger partial charge in [0.1, 0.15) is 11.6 Å². The number of rotatable bonds is 5. The van der Waals surface area contributed by atoms with Gasteiger partial charge >= 0.3 is 0 Å². The van der Waals surface area contributed by atoms with Gasteiger partial charge in [0.25, 0.3) is 0 Å². The molecule has 0 saturated heterocycles. The van der Waals surface area contributed by atoms with E-state index in [1.165, 1.54) is 17.0 Å². The first-order chi connectivity index (χ1) is 14.7. The molecule has 160 valence electrons. The zero-order chi connectivity index (χ0) is 22.3. The number of nitrogens with zero attached hydrogens (tertiary/aromatic N) is 2. The Balaban J connectivity index is 1.92. The Morgan fingerprint density at radius 2 is 1.90 bits per heavy atom. The number of aldehydes is 1. The molecule has 4 rings (SSSR count). The van der Waals surface area contributed by atoms with Crippen LogP contribution in [0.15, 0.2) is 47.3 Å². The van der Waals surface area contributed by atoms with Crippen molar-refractivity contribution < 1.29 is 19.0 Å². The van der Waals surface area contributed by atoms with Crippen LogP contribution in [0, 0.1) is 0 Å². The summed E-state index contributed by atoms with van der Waals surface area (Å²) in [6.07, 6.45) is 3.28. The van der Waals surface area contributed by atoms with Crippen molar-refractivity contribution in [1.82, 2.24) is 9.55 Å². The van der Waals surface area contributed by atoms with Crippen molar-refractivity contribution in [3.05, 3.63) is 73.5 Å². The molecule has 0 bridgehead atoms. The lowest BCUT2D eigenvalue weighted by atomic mass is 10.2. The van der Waals surface area contributed by atoms with Crippen LogP contribution in [-0.2, 0) is 9.47 Å². The third kappa shape index (κ3) is 3.96. The second-order valence-electron chi connectivity index (χ2n) is 7.08. The first kappa shape index (κ1) is 21.5. The van der Waals surface area contributed by atoms with Gasteiger partial charge in [-0.3, -0.25) is 9.59 Å². The molecule has 0 N–H and O–H groups in total. The number of hydrogen-bond acceptors (Lipinski definition) is 6. The molecule has 1 aliphatic rings. The fourth-order valence-electron chi connectivity index (χ4n) is 3.22. The molecule has 2 aromatic heterocycles. The van der Waals surface area contributed by atoms with E-state index in [1.54, 1.807) is 32.0 Å². The summed E-state index contributed by atoms with van der Waals surface area (Å²) in [7, 11) is 0. The van der Waals surface area contributed by atoms with Crippen molar-refractivity contribution in [1.29, 1.82) is 0 Å². The van der Waals surface area contributed by atoms with Crippen LogP contribution in [0.2, 0.25) is 15.1 Å². The lowest BCUT2D eigenvalue weighted by molar-refractivity contribution is -0.119. The average Bonchev–Trinajstić information content (AvgIpc) is 3.07. The van der Waals surface area contributed by atoms with Gasteiger partial charge in [-0.15, -0.1) is 0 Å². The van der Waals surface area contributed by atoms with Crippen molar-refractivity contribution >= 4 is 52.0 Å². The summed E-state index contributed by atoms with van der Waals surface area (Å²) in [5, 5.41) is 0.701. The first-order valence-corrected chi connectivity index (χ1v) is 10.2. The quantitative estimate of drug-likeness (QED) is 0.468. The molecule has 1 aromatic carbocycles. The van der Waals surface area contributed by atoms with Crippen molar-refractivity contribution in [2.45, 2.75) is 19.6 Å². The van der Waals surface area contributed by atoms with Gasteiger partial charge in [0, 0.05) is 19.9 Å². The predicted octanol–water partition coefficient (Wildman–Crippen LogP) is 5.16. The summed E-state index contributed by atoms with van der Waals surface area (Å²) in [6.45, 7) is 3.47. The highest BCUT2D eigenvalue weighted by atomic mass is 35.5. The molecule has 0 saturated carbocycles. The fourth-order valence-corrected chi connectivity index (χ4v) is 4.01. The van der Waals surface area contributed by atoms with Crippen molar-refractivity contribution in [3.63, 3.8) is 0 Å². The highest BCUT2D eigenvalue weighted by Gasteiger charge is 2.28. The number of fused-ring (bicyclic) bond motifs is 1. The van der Waals surface area contributed by atoms with E-state index in [2.05, 4.69) is 4.98 Å². The number of ether oxygens (including phenoxy) is 3. The van der Waals surface area contributed by atoms with Crippen molar-refractivity contribution in [2.24, 2.45) is 0 Å². The van der Waals surface area contributed by atoms with E-state index >= 15 is 0 Å². The minimum absolute atomic E-state index is 0.00739. The molecule has 1 aliphatic heterocycles. The Labute approximate surface area is 191 Å². The van der Waals surface area contributed by atoms with E-state index in [-0.39, 0.29) is 44.2 Å². The highest BCUT2D eigenvalue weighted by molar-refractivity contribution is 6.38. The minimum atomic E-state index is -0.805. The number of carbonyl (C=O) groups is 1. The van der Waals surface area contributed by atoms with E-state index in [4.69, 9.17) is 49.0 Å². The van der Waals surface area contributed by atoms with E-state index in [0.717, 1.165) is 6.07 Å². The van der Waals surface area contributed by atoms with Crippen LogP contribution in [-0.4, -0.2) is 28.2 Å². The third-order valence-corrected chi connectivity index (χ3v) is 5.35. The summed E-state index contributed by atoms with van der Waals surface area (Å²) < 4.78 is 18.1. The minimum Gasteiger partial charge on any atom is -0.469 e. The van der Waals surface area contributed by atoms with Crippen LogP contribution in [0.1, 0.15) is 24.3 Å². The Morgan fingerprint density at radius 1 is 1.19 bits per heavy atom. The topological polar surface area (TPSA) is 79.7 Å². The number of para-hydroxylation sites is 1. The van der Waals surface area contributed by atoms with Gasteiger partial charge in [-0.1, -0.05) is 40.9 Å². The molecular weight excluding hydrogens is 467 g/mol. The summed E-state index contributed by atoms with van der Waals surface area (Å²) in [6, 6.07) is 6.03.